The number of hydrogen-bond acceptors (Lipinski definition) is 5. The molecule has 6 heteroatoms. The summed E-state index contributed by atoms with van der Waals surface area (Å²) in [5.74, 6) is -0.572. The molecule has 0 fully saturated rings. The molecule has 0 spiro atoms. The standard InChI is InChI=1S/C52H93NO5/c1-4-7-10-13-16-19-22-23-24-25-26-27-30-33-36-39-42-45-52(57)58-48(43-40-37-34-31-28-20-17-14-11-8-5-2)46-51(56)53-49(47-54)50(55)44-41-38-35-32-29-21-18-15-12-9-6-3/h16,19,23-24,26-27,31,33-34,36,48-50,54-55H,4-15,17-18,20-22,25,28-30,32,35,37-47H2,1-3H3,(H,53,56)/b19-16-,24-23-,27-26-,34-31-,36-33-. The minimum atomic E-state index is -0.803. The Morgan fingerprint density at radius 1 is 0.500 bits per heavy atom. The van der Waals surface area contributed by atoms with Crippen molar-refractivity contribution in [3.8, 4) is 0 Å². The van der Waals surface area contributed by atoms with Crippen LogP contribution in [0, 0.1) is 0 Å². The molecule has 0 heterocycles. The fourth-order valence-corrected chi connectivity index (χ4v) is 7.07. The first-order chi connectivity index (χ1) is 28.5. The second-order valence-electron chi connectivity index (χ2n) is 16.5. The van der Waals surface area contributed by atoms with Gasteiger partial charge in [-0.2, -0.15) is 0 Å². The zero-order chi connectivity index (χ0) is 42.4. The number of unbranched alkanes of at least 4 members (excludes halogenated alkanes) is 21. The molecule has 0 aliphatic heterocycles. The molecule has 0 aromatic heterocycles. The van der Waals surface area contributed by atoms with Gasteiger partial charge in [0, 0.05) is 6.42 Å². The van der Waals surface area contributed by atoms with Crippen molar-refractivity contribution < 1.29 is 24.5 Å². The SMILES string of the molecule is CCCCC/C=C\C/C=C\C/C=C\C/C=C\CCCC(=O)OC(CCC/C=C\CCCCCCCC)CC(=O)NC(CO)C(O)CCCCCCCCCCCCC. The monoisotopic (exact) mass is 812 g/mol. The third-order valence-electron chi connectivity index (χ3n) is 10.8. The highest BCUT2D eigenvalue weighted by Crippen LogP contribution is 2.16. The Labute approximate surface area is 358 Å². The lowest BCUT2D eigenvalue weighted by molar-refractivity contribution is -0.151. The summed E-state index contributed by atoms with van der Waals surface area (Å²) < 4.78 is 5.87. The van der Waals surface area contributed by atoms with E-state index >= 15 is 0 Å². The lowest BCUT2D eigenvalue weighted by Crippen LogP contribution is -2.46. The van der Waals surface area contributed by atoms with Crippen LogP contribution in [0.4, 0.5) is 0 Å². The van der Waals surface area contributed by atoms with E-state index in [1.807, 2.05) is 0 Å². The minimum absolute atomic E-state index is 0.0338. The summed E-state index contributed by atoms with van der Waals surface area (Å²) >= 11 is 0. The Balaban J connectivity index is 4.68. The summed E-state index contributed by atoms with van der Waals surface area (Å²) in [5.41, 5.74) is 0. The van der Waals surface area contributed by atoms with E-state index < -0.39 is 18.2 Å². The van der Waals surface area contributed by atoms with Crippen LogP contribution in [-0.2, 0) is 14.3 Å². The number of allylic oxidation sites excluding steroid dienone is 10. The van der Waals surface area contributed by atoms with Crippen molar-refractivity contribution in [3.63, 3.8) is 0 Å². The topological polar surface area (TPSA) is 95.9 Å². The van der Waals surface area contributed by atoms with Gasteiger partial charge in [-0.05, 0) is 83.5 Å². The predicted molar refractivity (Wildman–Crippen MR) is 250 cm³/mol. The van der Waals surface area contributed by atoms with Gasteiger partial charge in [-0.3, -0.25) is 9.59 Å². The molecule has 3 N–H and O–H groups in total. The van der Waals surface area contributed by atoms with Gasteiger partial charge in [-0.15, -0.1) is 0 Å². The van der Waals surface area contributed by atoms with Gasteiger partial charge in [0.05, 0.1) is 25.2 Å². The Morgan fingerprint density at radius 3 is 1.41 bits per heavy atom. The van der Waals surface area contributed by atoms with E-state index in [9.17, 15) is 19.8 Å². The summed E-state index contributed by atoms with van der Waals surface area (Å²) in [6.45, 7) is 6.41. The molecule has 0 radical (unpaired) electrons. The third-order valence-corrected chi connectivity index (χ3v) is 10.8. The van der Waals surface area contributed by atoms with E-state index in [0.29, 0.717) is 25.7 Å². The molecule has 0 saturated carbocycles. The predicted octanol–water partition coefficient (Wildman–Crippen LogP) is 14.5. The number of amides is 1. The number of aliphatic hydroxyl groups is 2. The van der Waals surface area contributed by atoms with Gasteiger partial charge in [0.1, 0.15) is 6.10 Å². The van der Waals surface area contributed by atoms with Crippen LogP contribution < -0.4 is 5.32 Å². The van der Waals surface area contributed by atoms with Gasteiger partial charge >= 0.3 is 5.97 Å². The molecule has 0 rings (SSSR count). The number of aliphatic hydroxyl groups excluding tert-OH is 2. The highest BCUT2D eigenvalue weighted by molar-refractivity contribution is 5.77. The van der Waals surface area contributed by atoms with Crippen LogP contribution >= 0.6 is 0 Å². The van der Waals surface area contributed by atoms with Crippen molar-refractivity contribution in [2.45, 2.75) is 251 Å². The van der Waals surface area contributed by atoms with Crippen molar-refractivity contribution in [3.05, 3.63) is 60.8 Å². The number of nitrogens with one attached hydrogen (secondary N) is 1. The molecule has 58 heavy (non-hydrogen) atoms. The molecule has 0 bridgehead atoms. The van der Waals surface area contributed by atoms with Crippen LogP contribution in [0.1, 0.15) is 233 Å². The Kier molecular flexibility index (Phi) is 43.7. The lowest BCUT2D eigenvalue weighted by Gasteiger charge is -2.24. The maximum atomic E-state index is 13.1. The molecular weight excluding hydrogens is 719 g/mol. The first-order valence-corrected chi connectivity index (χ1v) is 24.5. The number of rotatable bonds is 43. The number of esters is 1. The van der Waals surface area contributed by atoms with Crippen LogP contribution in [0.2, 0.25) is 0 Å². The van der Waals surface area contributed by atoms with Gasteiger partial charge < -0.3 is 20.3 Å². The van der Waals surface area contributed by atoms with Gasteiger partial charge in [0.15, 0.2) is 0 Å². The molecule has 0 aromatic carbocycles. The first kappa shape index (κ1) is 55.6. The summed E-state index contributed by atoms with van der Waals surface area (Å²) in [6, 6.07) is -0.720. The molecule has 336 valence electrons. The Morgan fingerprint density at radius 2 is 0.897 bits per heavy atom. The van der Waals surface area contributed by atoms with E-state index in [1.54, 1.807) is 0 Å². The summed E-state index contributed by atoms with van der Waals surface area (Å²) in [5, 5.41) is 23.6. The van der Waals surface area contributed by atoms with Crippen molar-refractivity contribution in [2.24, 2.45) is 0 Å². The van der Waals surface area contributed by atoms with E-state index in [-0.39, 0.29) is 24.9 Å². The van der Waals surface area contributed by atoms with E-state index in [1.165, 1.54) is 116 Å². The number of ether oxygens (including phenoxy) is 1. The quantitative estimate of drug-likeness (QED) is 0.0324. The molecule has 0 aromatic rings. The highest BCUT2D eigenvalue weighted by Gasteiger charge is 2.24. The van der Waals surface area contributed by atoms with Crippen molar-refractivity contribution in [2.75, 3.05) is 6.61 Å². The molecule has 3 atom stereocenters. The Hall–Kier alpha value is -2.44. The second-order valence-corrected chi connectivity index (χ2v) is 16.5. The summed E-state index contributed by atoms with van der Waals surface area (Å²) in [7, 11) is 0. The molecular formula is C52H93NO5. The van der Waals surface area contributed by atoms with Crippen molar-refractivity contribution >= 4 is 11.9 Å². The minimum Gasteiger partial charge on any atom is -0.462 e. The summed E-state index contributed by atoms with van der Waals surface area (Å²) in [4.78, 5) is 26.0. The number of hydrogen-bond donors (Lipinski definition) is 3. The van der Waals surface area contributed by atoms with Gasteiger partial charge in [0.2, 0.25) is 5.91 Å². The van der Waals surface area contributed by atoms with Crippen LogP contribution in [0.25, 0.3) is 0 Å². The molecule has 0 saturated heterocycles. The normalized spacial score (nSPS) is 13.8. The fraction of sp³-hybridized carbons (Fsp3) is 0.769. The maximum absolute atomic E-state index is 13.1. The largest absolute Gasteiger partial charge is 0.462 e. The van der Waals surface area contributed by atoms with Gasteiger partial charge in [0.25, 0.3) is 0 Å². The van der Waals surface area contributed by atoms with Gasteiger partial charge in [-0.25, -0.2) is 0 Å². The van der Waals surface area contributed by atoms with Gasteiger partial charge in [-0.1, -0.05) is 197 Å². The molecule has 1 amide bonds. The molecule has 0 aliphatic rings. The number of carbonyl (C=O) groups excluding carboxylic acids is 2. The fourth-order valence-electron chi connectivity index (χ4n) is 7.07. The van der Waals surface area contributed by atoms with Crippen LogP contribution in [-0.4, -0.2) is 46.9 Å². The zero-order valence-electron chi connectivity index (χ0n) is 38.2. The maximum Gasteiger partial charge on any atom is 0.306 e. The second kappa shape index (κ2) is 45.6. The van der Waals surface area contributed by atoms with E-state index in [0.717, 1.165) is 64.2 Å². The van der Waals surface area contributed by atoms with Crippen LogP contribution in [0.15, 0.2) is 60.8 Å². The van der Waals surface area contributed by atoms with Crippen molar-refractivity contribution in [1.29, 1.82) is 0 Å². The molecule has 3 unspecified atom stereocenters. The average Bonchev–Trinajstić information content (AvgIpc) is 3.22. The first-order valence-electron chi connectivity index (χ1n) is 24.5. The van der Waals surface area contributed by atoms with Crippen LogP contribution in [0.5, 0.6) is 0 Å². The Bertz CT molecular complexity index is 1050. The molecule has 0 aliphatic carbocycles. The van der Waals surface area contributed by atoms with E-state index in [2.05, 4.69) is 86.8 Å². The lowest BCUT2D eigenvalue weighted by atomic mass is 10.0. The van der Waals surface area contributed by atoms with E-state index in [4.69, 9.17) is 4.74 Å². The highest BCUT2D eigenvalue weighted by atomic mass is 16.5. The van der Waals surface area contributed by atoms with Crippen LogP contribution in [0.3, 0.4) is 0 Å². The van der Waals surface area contributed by atoms with Crippen molar-refractivity contribution in [1.82, 2.24) is 5.32 Å². The number of carbonyl (C=O) groups is 2. The summed E-state index contributed by atoms with van der Waals surface area (Å²) in [6.07, 6.45) is 55.7. The molecule has 6 nitrogen and oxygen atoms in total. The average molecular weight is 812 g/mol. The smallest absolute Gasteiger partial charge is 0.306 e. The third kappa shape index (κ3) is 40.3. The zero-order valence-corrected chi connectivity index (χ0v) is 38.2.